The molecule has 1 heterocycles. The van der Waals surface area contributed by atoms with Crippen molar-refractivity contribution in [3.05, 3.63) is 30.2 Å². The lowest BCUT2D eigenvalue weighted by molar-refractivity contribution is -0.146. The monoisotopic (exact) mass is 260 g/mol. The third kappa shape index (κ3) is 2.33. The van der Waals surface area contributed by atoms with Gasteiger partial charge in [-0.05, 0) is 30.5 Å². The fourth-order valence-electron chi connectivity index (χ4n) is 2.28. The Morgan fingerprint density at radius 1 is 1.53 bits per heavy atom. The Kier molecular flexibility index (Phi) is 2.98. The summed E-state index contributed by atoms with van der Waals surface area (Å²) < 4.78 is 10.1. The van der Waals surface area contributed by atoms with Crippen molar-refractivity contribution in [2.75, 3.05) is 13.7 Å². The average molecular weight is 260 g/mol. The predicted molar refractivity (Wildman–Crippen MR) is 69.4 cm³/mol. The Labute approximate surface area is 111 Å². The molecule has 5 heteroatoms. The number of benzene rings is 1. The summed E-state index contributed by atoms with van der Waals surface area (Å²) in [6.07, 6.45) is 3.26. The van der Waals surface area contributed by atoms with Gasteiger partial charge in [0.2, 0.25) is 0 Å². The highest BCUT2D eigenvalue weighted by Crippen LogP contribution is 2.46. The van der Waals surface area contributed by atoms with Crippen molar-refractivity contribution in [3.63, 3.8) is 0 Å². The molecule has 2 aromatic rings. The number of hydrogen-bond acceptors (Lipinski definition) is 5. The van der Waals surface area contributed by atoms with Gasteiger partial charge in [-0.3, -0.25) is 4.79 Å². The zero-order chi connectivity index (χ0) is 13.3. The van der Waals surface area contributed by atoms with Crippen LogP contribution in [0, 0.1) is 5.41 Å². The molecule has 5 nitrogen and oxygen atoms in total. The van der Waals surface area contributed by atoms with Crippen LogP contribution in [0.3, 0.4) is 0 Å². The topological polar surface area (TPSA) is 64.4 Å². The lowest BCUT2D eigenvalue weighted by atomic mass is 10.1. The number of ether oxygens (including phenoxy) is 1. The van der Waals surface area contributed by atoms with Crippen molar-refractivity contribution in [1.29, 1.82) is 0 Å². The first-order valence-electron chi connectivity index (χ1n) is 6.35. The highest BCUT2D eigenvalue weighted by molar-refractivity contribution is 5.80. The maximum absolute atomic E-state index is 11.6. The standard InChI is InChI=1S/C14H16N2O3/c1-18-13(17)14(4-5-14)8-15-7-10-2-3-11-12(6-10)19-9-16-11/h2-3,6,9,15H,4-5,7-8H2,1H3. The van der Waals surface area contributed by atoms with Crippen LogP contribution < -0.4 is 5.32 Å². The number of hydrogen-bond donors (Lipinski definition) is 1. The Balaban J connectivity index is 1.59. The maximum Gasteiger partial charge on any atom is 0.313 e. The molecule has 0 saturated heterocycles. The number of esters is 1. The number of fused-ring (bicyclic) bond motifs is 1. The summed E-state index contributed by atoms with van der Waals surface area (Å²) in [7, 11) is 1.44. The first-order valence-corrected chi connectivity index (χ1v) is 6.35. The van der Waals surface area contributed by atoms with E-state index in [9.17, 15) is 4.79 Å². The van der Waals surface area contributed by atoms with Gasteiger partial charge in [-0.25, -0.2) is 4.98 Å². The van der Waals surface area contributed by atoms with Gasteiger partial charge in [0.1, 0.15) is 5.52 Å². The molecule has 0 atom stereocenters. The van der Waals surface area contributed by atoms with E-state index in [0.29, 0.717) is 13.1 Å². The average Bonchev–Trinajstić information content (AvgIpc) is 3.07. The van der Waals surface area contributed by atoms with E-state index in [1.807, 2.05) is 18.2 Å². The maximum atomic E-state index is 11.6. The van der Waals surface area contributed by atoms with E-state index in [0.717, 1.165) is 29.5 Å². The molecular weight excluding hydrogens is 244 g/mol. The summed E-state index contributed by atoms with van der Waals surface area (Å²) in [5.74, 6) is -0.106. The van der Waals surface area contributed by atoms with Crippen LogP contribution in [0.2, 0.25) is 0 Å². The summed E-state index contributed by atoms with van der Waals surface area (Å²) in [5.41, 5.74) is 2.47. The van der Waals surface area contributed by atoms with Crippen molar-refractivity contribution in [2.24, 2.45) is 5.41 Å². The smallest absolute Gasteiger partial charge is 0.313 e. The second-order valence-corrected chi connectivity index (χ2v) is 5.03. The van der Waals surface area contributed by atoms with E-state index in [2.05, 4.69) is 10.3 Å². The van der Waals surface area contributed by atoms with E-state index < -0.39 is 0 Å². The van der Waals surface area contributed by atoms with Gasteiger partial charge in [0.25, 0.3) is 0 Å². The third-order valence-electron chi connectivity index (χ3n) is 3.66. The van der Waals surface area contributed by atoms with E-state index in [1.54, 1.807) is 0 Å². The number of oxazole rings is 1. The van der Waals surface area contributed by atoms with Gasteiger partial charge in [-0.2, -0.15) is 0 Å². The SMILES string of the molecule is COC(=O)C1(CNCc2ccc3ncoc3c2)CC1. The molecule has 1 fully saturated rings. The van der Waals surface area contributed by atoms with Crippen LogP contribution in [0.4, 0.5) is 0 Å². The molecule has 100 valence electrons. The van der Waals surface area contributed by atoms with Gasteiger partial charge in [0.15, 0.2) is 12.0 Å². The van der Waals surface area contributed by atoms with Crippen molar-refractivity contribution >= 4 is 17.1 Å². The molecular formula is C14H16N2O3. The number of rotatable bonds is 5. The minimum Gasteiger partial charge on any atom is -0.469 e. The van der Waals surface area contributed by atoms with Gasteiger partial charge in [0.05, 0.1) is 12.5 Å². The van der Waals surface area contributed by atoms with Gasteiger partial charge in [0, 0.05) is 13.1 Å². The second-order valence-electron chi connectivity index (χ2n) is 5.03. The lowest BCUT2D eigenvalue weighted by Gasteiger charge is -2.13. The molecule has 1 aromatic carbocycles. The van der Waals surface area contributed by atoms with Crippen molar-refractivity contribution < 1.29 is 13.9 Å². The Morgan fingerprint density at radius 3 is 3.11 bits per heavy atom. The minimum atomic E-state index is -0.287. The van der Waals surface area contributed by atoms with Crippen molar-refractivity contribution in [2.45, 2.75) is 19.4 Å². The van der Waals surface area contributed by atoms with Crippen LogP contribution in [-0.4, -0.2) is 24.6 Å². The fraction of sp³-hybridized carbons (Fsp3) is 0.429. The Morgan fingerprint density at radius 2 is 2.37 bits per heavy atom. The molecule has 1 aliphatic rings. The quantitative estimate of drug-likeness (QED) is 0.831. The first-order chi connectivity index (χ1) is 9.23. The van der Waals surface area contributed by atoms with E-state index in [-0.39, 0.29) is 11.4 Å². The molecule has 0 unspecified atom stereocenters. The Bertz CT molecular complexity index is 602. The molecule has 1 aliphatic carbocycles. The molecule has 3 rings (SSSR count). The van der Waals surface area contributed by atoms with Crippen molar-refractivity contribution in [3.8, 4) is 0 Å². The number of carbonyl (C=O) groups is 1. The molecule has 1 N–H and O–H groups in total. The second kappa shape index (κ2) is 4.66. The summed E-state index contributed by atoms with van der Waals surface area (Å²) in [6, 6.07) is 5.91. The fourth-order valence-corrected chi connectivity index (χ4v) is 2.28. The highest BCUT2D eigenvalue weighted by atomic mass is 16.5. The molecule has 0 amide bonds. The number of carbonyl (C=O) groups excluding carboxylic acids is 1. The van der Waals surface area contributed by atoms with Crippen LogP contribution in [0.15, 0.2) is 29.0 Å². The van der Waals surface area contributed by atoms with Crippen LogP contribution in [-0.2, 0) is 16.1 Å². The van der Waals surface area contributed by atoms with Crippen LogP contribution in [0.25, 0.3) is 11.1 Å². The van der Waals surface area contributed by atoms with Crippen molar-refractivity contribution in [1.82, 2.24) is 10.3 Å². The lowest BCUT2D eigenvalue weighted by Crippen LogP contribution is -2.30. The van der Waals surface area contributed by atoms with Gasteiger partial charge >= 0.3 is 5.97 Å². The van der Waals surface area contributed by atoms with E-state index >= 15 is 0 Å². The molecule has 0 spiro atoms. The largest absolute Gasteiger partial charge is 0.469 e. The molecule has 1 saturated carbocycles. The number of aromatic nitrogens is 1. The molecule has 1 aromatic heterocycles. The van der Waals surface area contributed by atoms with Crippen LogP contribution in [0.1, 0.15) is 18.4 Å². The number of methoxy groups -OCH3 is 1. The summed E-state index contributed by atoms with van der Waals surface area (Å²) in [4.78, 5) is 15.7. The van der Waals surface area contributed by atoms with E-state index in [4.69, 9.17) is 9.15 Å². The summed E-state index contributed by atoms with van der Waals surface area (Å²) >= 11 is 0. The number of nitrogens with zero attached hydrogens (tertiary/aromatic N) is 1. The zero-order valence-corrected chi connectivity index (χ0v) is 10.8. The molecule has 0 bridgehead atoms. The normalized spacial score (nSPS) is 16.5. The summed E-state index contributed by atoms with van der Waals surface area (Å²) in [5, 5.41) is 3.31. The van der Waals surface area contributed by atoms with Gasteiger partial charge in [-0.15, -0.1) is 0 Å². The third-order valence-corrected chi connectivity index (χ3v) is 3.66. The van der Waals surface area contributed by atoms with Gasteiger partial charge in [-0.1, -0.05) is 6.07 Å². The van der Waals surface area contributed by atoms with Crippen LogP contribution >= 0.6 is 0 Å². The molecule has 0 aliphatic heterocycles. The Hall–Kier alpha value is -1.88. The summed E-state index contributed by atoms with van der Waals surface area (Å²) in [6.45, 7) is 1.36. The highest BCUT2D eigenvalue weighted by Gasteiger charge is 2.50. The zero-order valence-electron chi connectivity index (χ0n) is 10.8. The predicted octanol–water partition coefficient (Wildman–Crippen LogP) is 1.87. The van der Waals surface area contributed by atoms with Crippen LogP contribution in [0.5, 0.6) is 0 Å². The number of nitrogens with one attached hydrogen (secondary N) is 1. The first kappa shape index (κ1) is 12.2. The molecule has 0 radical (unpaired) electrons. The molecule has 19 heavy (non-hydrogen) atoms. The van der Waals surface area contributed by atoms with E-state index in [1.165, 1.54) is 13.5 Å². The van der Waals surface area contributed by atoms with Gasteiger partial charge < -0.3 is 14.5 Å². The minimum absolute atomic E-state index is 0.106.